The van der Waals surface area contributed by atoms with Crippen molar-refractivity contribution in [2.75, 3.05) is 26.7 Å². The lowest BCUT2D eigenvalue weighted by atomic mass is 10.0. The fraction of sp³-hybridized carbons (Fsp3) is 0.929. The highest BCUT2D eigenvalue weighted by atomic mass is 16.2. The molecular weight excluding hydrogens is 226 g/mol. The molecule has 1 saturated carbocycles. The van der Waals surface area contributed by atoms with E-state index in [0.717, 1.165) is 6.54 Å². The SMILES string of the molecule is CN1CCCC1CN1C(=O)CNC1C1CCCC1. The zero-order chi connectivity index (χ0) is 12.5. The summed E-state index contributed by atoms with van der Waals surface area (Å²) in [5.74, 6) is 1.01. The van der Waals surface area contributed by atoms with Gasteiger partial charge in [-0.05, 0) is 45.2 Å². The highest BCUT2D eigenvalue weighted by Crippen LogP contribution is 2.31. The van der Waals surface area contributed by atoms with Crippen molar-refractivity contribution in [3.63, 3.8) is 0 Å². The van der Waals surface area contributed by atoms with Gasteiger partial charge in [-0.15, -0.1) is 0 Å². The number of rotatable bonds is 3. The monoisotopic (exact) mass is 251 g/mol. The molecular formula is C14H25N3O. The maximum absolute atomic E-state index is 12.1. The Balaban J connectivity index is 1.65. The molecule has 3 fully saturated rings. The summed E-state index contributed by atoms with van der Waals surface area (Å²) in [5.41, 5.74) is 0. The minimum atomic E-state index is 0.312. The predicted octanol–water partition coefficient (Wildman–Crippen LogP) is 1.03. The molecule has 0 spiro atoms. The third kappa shape index (κ3) is 2.28. The normalized spacial score (nSPS) is 34.9. The molecule has 18 heavy (non-hydrogen) atoms. The van der Waals surface area contributed by atoms with Crippen molar-refractivity contribution in [2.24, 2.45) is 5.92 Å². The van der Waals surface area contributed by atoms with Crippen LogP contribution < -0.4 is 5.32 Å². The van der Waals surface area contributed by atoms with Crippen LogP contribution in [0.4, 0.5) is 0 Å². The van der Waals surface area contributed by atoms with Crippen molar-refractivity contribution in [3.05, 3.63) is 0 Å². The van der Waals surface area contributed by atoms with E-state index in [4.69, 9.17) is 0 Å². The first-order valence-electron chi connectivity index (χ1n) is 7.49. The number of hydrogen-bond acceptors (Lipinski definition) is 3. The number of nitrogens with zero attached hydrogens (tertiary/aromatic N) is 2. The van der Waals surface area contributed by atoms with Crippen molar-refractivity contribution in [1.29, 1.82) is 0 Å². The van der Waals surface area contributed by atoms with E-state index in [1.54, 1.807) is 0 Å². The average Bonchev–Trinajstić information content (AvgIpc) is 3.04. The van der Waals surface area contributed by atoms with Gasteiger partial charge >= 0.3 is 0 Å². The number of hydrogen-bond donors (Lipinski definition) is 1. The number of nitrogens with one attached hydrogen (secondary N) is 1. The summed E-state index contributed by atoms with van der Waals surface area (Å²) < 4.78 is 0. The van der Waals surface area contributed by atoms with Gasteiger partial charge in [-0.25, -0.2) is 0 Å². The quantitative estimate of drug-likeness (QED) is 0.814. The van der Waals surface area contributed by atoms with E-state index >= 15 is 0 Å². The van der Waals surface area contributed by atoms with Gasteiger partial charge in [0.05, 0.1) is 12.7 Å². The van der Waals surface area contributed by atoms with Gasteiger partial charge in [-0.2, -0.15) is 0 Å². The molecule has 2 saturated heterocycles. The predicted molar refractivity (Wildman–Crippen MR) is 71.1 cm³/mol. The van der Waals surface area contributed by atoms with Gasteiger partial charge in [-0.1, -0.05) is 12.8 Å². The van der Waals surface area contributed by atoms with Gasteiger partial charge in [0.1, 0.15) is 0 Å². The molecule has 2 atom stereocenters. The molecule has 3 aliphatic rings. The van der Waals surface area contributed by atoms with Gasteiger partial charge in [0, 0.05) is 12.6 Å². The van der Waals surface area contributed by atoms with Crippen LogP contribution in [0.5, 0.6) is 0 Å². The zero-order valence-electron chi connectivity index (χ0n) is 11.4. The van der Waals surface area contributed by atoms with Gasteiger partial charge < -0.3 is 9.80 Å². The summed E-state index contributed by atoms with van der Waals surface area (Å²) in [5, 5.41) is 3.45. The van der Waals surface area contributed by atoms with Crippen LogP contribution in [0.15, 0.2) is 0 Å². The molecule has 0 aromatic carbocycles. The largest absolute Gasteiger partial charge is 0.324 e. The van der Waals surface area contributed by atoms with Crippen LogP contribution in [-0.2, 0) is 4.79 Å². The molecule has 2 heterocycles. The number of carbonyl (C=O) groups is 1. The second kappa shape index (κ2) is 5.17. The molecule has 0 aromatic rings. The van der Waals surface area contributed by atoms with Gasteiger partial charge in [0.2, 0.25) is 5.91 Å². The lowest BCUT2D eigenvalue weighted by Crippen LogP contribution is -2.47. The van der Waals surface area contributed by atoms with Crippen LogP contribution in [0.1, 0.15) is 38.5 Å². The van der Waals surface area contributed by atoms with Crippen LogP contribution in [-0.4, -0.2) is 54.6 Å². The Labute approximate surface area is 110 Å². The first-order chi connectivity index (χ1) is 8.75. The first-order valence-corrected chi connectivity index (χ1v) is 7.49. The summed E-state index contributed by atoms with van der Waals surface area (Å²) >= 11 is 0. The number of amides is 1. The minimum Gasteiger partial charge on any atom is -0.324 e. The third-order valence-electron chi connectivity index (χ3n) is 5.04. The Morgan fingerprint density at radius 2 is 2.00 bits per heavy atom. The average molecular weight is 251 g/mol. The molecule has 1 amide bonds. The highest BCUT2D eigenvalue weighted by molar-refractivity contribution is 5.80. The fourth-order valence-electron chi connectivity index (χ4n) is 3.91. The summed E-state index contributed by atoms with van der Waals surface area (Å²) in [4.78, 5) is 16.6. The Morgan fingerprint density at radius 1 is 1.22 bits per heavy atom. The van der Waals surface area contributed by atoms with E-state index in [1.807, 2.05) is 0 Å². The van der Waals surface area contributed by atoms with Crippen molar-refractivity contribution >= 4 is 5.91 Å². The second-order valence-electron chi connectivity index (χ2n) is 6.19. The lowest BCUT2D eigenvalue weighted by molar-refractivity contribution is -0.129. The van der Waals surface area contributed by atoms with E-state index in [9.17, 15) is 4.79 Å². The number of likely N-dealkylation sites (tertiary alicyclic amines) is 1. The molecule has 0 bridgehead atoms. The van der Waals surface area contributed by atoms with Crippen LogP contribution in [0.25, 0.3) is 0 Å². The zero-order valence-corrected chi connectivity index (χ0v) is 11.4. The molecule has 0 radical (unpaired) electrons. The van der Waals surface area contributed by atoms with Crippen LogP contribution in [0, 0.1) is 5.92 Å². The molecule has 1 N–H and O–H groups in total. The lowest BCUT2D eigenvalue weighted by Gasteiger charge is -2.33. The summed E-state index contributed by atoms with van der Waals surface area (Å²) in [6, 6.07) is 0.581. The van der Waals surface area contributed by atoms with Crippen molar-refractivity contribution in [2.45, 2.75) is 50.7 Å². The van der Waals surface area contributed by atoms with Crippen molar-refractivity contribution < 1.29 is 4.79 Å². The number of carbonyl (C=O) groups excluding carboxylic acids is 1. The molecule has 4 heteroatoms. The highest BCUT2D eigenvalue weighted by Gasteiger charge is 2.39. The molecule has 4 nitrogen and oxygen atoms in total. The maximum Gasteiger partial charge on any atom is 0.237 e. The summed E-state index contributed by atoms with van der Waals surface area (Å²) in [6.07, 6.45) is 8.13. The van der Waals surface area contributed by atoms with E-state index in [1.165, 1.54) is 45.1 Å². The van der Waals surface area contributed by atoms with E-state index in [2.05, 4.69) is 22.2 Å². The Bertz CT molecular complexity index is 314. The first kappa shape index (κ1) is 12.4. The molecule has 3 rings (SSSR count). The van der Waals surface area contributed by atoms with Gasteiger partial charge in [0.25, 0.3) is 0 Å². The molecule has 1 aliphatic carbocycles. The number of likely N-dealkylation sites (N-methyl/N-ethyl adjacent to an activating group) is 1. The Kier molecular flexibility index (Phi) is 3.57. The third-order valence-corrected chi connectivity index (χ3v) is 5.04. The molecule has 0 aromatic heterocycles. The molecule has 2 unspecified atom stereocenters. The Hall–Kier alpha value is -0.610. The maximum atomic E-state index is 12.1. The van der Waals surface area contributed by atoms with Crippen molar-refractivity contribution in [3.8, 4) is 0 Å². The van der Waals surface area contributed by atoms with E-state index in [0.29, 0.717) is 30.6 Å². The Morgan fingerprint density at radius 3 is 2.67 bits per heavy atom. The fourth-order valence-corrected chi connectivity index (χ4v) is 3.91. The molecule has 2 aliphatic heterocycles. The van der Waals surface area contributed by atoms with E-state index in [-0.39, 0.29) is 0 Å². The van der Waals surface area contributed by atoms with Gasteiger partial charge in [0.15, 0.2) is 0 Å². The summed E-state index contributed by atoms with van der Waals surface area (Å²) in [7, 11) is 2.19. The second-order valence-corrected chi connectivity index (χ2v) is 6.19. The smallest absolute Gasteiger partial charge is 0.237 e. The standard InChI is InChI=1S/C14H25N3O/c1-16-8-4-7-12(16)10-17-13(18)9-15-14(17)11-5-2-3-6-11/h11-12,14-15H,2-10H2,1H3. The molecule has 102 valence electrons. The summed E-state index contributed by atoms with van der Waals surface area (Å²) in [6.45, 7) is 2.68. The van der Waals surface area contributed by atoms with Gasteiger partial charge in [-0.3, -0.25) is 10.1 Å². The van der Waals surface area contributed by atoms with Crippen molar-refractivity contribution in [1.82, 2.24) is 15.1 Å². The van der Waals surface area contributed by atoms with Crippen LogP contribution in [0.2, 0.25) is 0 Å². The van der Waals surface area contributed by atoms with Crippen LogP contribution >= 0.6 is 0 Å². The minimum absolute atomic E-state index is 0.312. The van der Waals surface area contributed by atoms with E-state index < -0.39 is 0 Å². The topological polar surface area (TPSA) is 35.6 Å². The van der Waals surface area contributed by atoms with Crippen LogP contribution in [0.3, 0.4) is 0 Å².